The smallest absolute Gasteiger partial charge is 0.231 e. The summed E-state index contributed by atoms with van der Waals surface area (Å²) in [6.07, 6.45) is 9.96. The van der Waals surface area contributed by atoms with Crippen LogP contribution in [0.2, 0.25) is 0 Å². The molecular formula is C15H14N2O2S. The molecule has 0 saturated heterocycles. The molecule has 5 heteroatoms. The molecule has 0 spiro atoms. The van der Waals surface area contributed by atoms with Crippen molar-refractivity contribution in [3.63, 3.8) is 0 Å². The molecule has 20 heavy (non-hydrogen) atoms. The molecule has 102 valence electrons. The largest absolute Gasteiger partial charge is 0.454 e. The Balaban J connectivity index is 1.65. The third kappa shape index (κ3) is 2.88. The predicted molar refractivity (Wildman–Crippen MR) is 81.0 cm³/mol. The van der Waals surface area contributed by atoms with Gasteiger partial charge >= 0.3 is 0 Å². The third-order valence-electron chi connectivity index (χ3n) is 2.86. The molecule has 4 nitrogen and oxygen atoms in total. The van der Waals surface area contributed by atoms with Crippen molar-refractivity contribution in [1.82, 2.24) is 10.2 Å². The molecule has 3 rings (SSSR count). The number of nitrogens with one attached hydrogen (secondary N) is 1. The molecule has 1 N–H and O–H groups in total. The lowest BCUT2D eigenvalue weighted by Crippen LogP contribution is -1.92. The highest BCUT2D eigenvalue weighted by molar-refractivity contribution is 7.98. The summed E-state index contributed by atoms with van der Waals surface area (Å²) >= 11 is 1.62. The van der Waals surface area contributed by atoms with Gasteiger partial charge in [0, 0.05) is 0 Å². The number of aromatic amines is 1. The first-order valence-corrected chi connectivity index (χ1v) is 7.41. The Kier molecular flexibility index (Phi) is 3.78. The summed E-state index contributed by atoms with van der Waals surface area (Å²) in [6, 6.07) is 7.90. The fraction of sp³-hybridized carbons (Fsp3) is 0.133. The molecule has 2 heterocycles. The van der Waals surface area contributed by atoms with Crippen LogP contribution in [0.25, 0.3) is 12.2 Å². The van der Waals surface area contributed by atoms with Gasteiger partial charge in [-0.1, -0.05) is 24.3 Å². The molecule has 1 aliphatic rings. The number of hydrogen-bond acceptors (Lipinski definition) is 4. The SMILES string of the molecule is CSc1cc(/C=C/C=C/c2ccc3c(c2)OCO3)[nH]n1. The van der Waals surface area contributed by atoms with Crippen LogP contribution in [0.5, 0.6) is 11.5 Å². The highest BCUT2D eigenvalue weighted by Gasteiger charge is 2.11. The van der Waals surface area contributed by atoms with Crippen LogP contribution in [0.15, 0.2) is 41.4 Å². The van der Waals surface area contributed by atoms with Gasteiger partial charge in [0.05, 0.1) is 5.69 Å². The van der Waals surface area contributed by atoms with E-state index >= 15 is 0 Å². The molecule has 0 atom stereocenters. The Morgan fingerprint density at radius 1 is 1.15 bits per heavy atom. The maximum absolute atomic E-state index is 5.34. The molecule has 0 fully saturated rings. The second-order valence-electron chi connectivity index (χ2n) is 4.20. The summed E-state index contributed by atoms with van der Waals surface area (Å²) in [6.45, 7) is 0.306. The summed E-state index contributed by atoms with van der Waals surface area (Å²) < 4.78 is 10.6. The Labute approximate surface area is 121 Å². The topological polar surface area (TPSA) is 47.1 Å². The van der Waals surface area contributed by atoms with Crippen molar-refractivity contribution < 1.29 is 9.47 Å². The molecule has 1 aliphatic heterocycles. The van der Waals surface area contributed by atoms with E-state index in [4.69, 9.17) is 9.47 Å². The summed E-state index contributed by atoms with van der Waals surface area (Å²) in [4.78, 5) is 0. The highest BCUT2D eigenvalue weighted by atomic mass is 32.2. The molecule has 0 saturated carbocycles. The quantitative estimate of drug-likeness (QED) is 0.689. The second-order valence-corrected chi connectivity index (χ2v) is 5.02. The number of H-pyrrole nitrogens is 1. The van der Waals surface area contributed by atoms with Gasteiger partial charge in [0.2, 0.25) is 6.79 Å². The molecule has 0 radical (unpaired) electrons. The van der Waals surface area contributed by atoms with E-state index in [-0.39, 0.29) is 0 Å². The van der Waals surface area contributed by atoms with Crippen molar-refractivity contribution in [2.75, 3.05) is 13.0 Å². The molecule has 0 bridgehead atoms. The maximum Gasteiger partial charge on any atom is 0.231 e. The van der Waals surface area contributed by atoms with Crippen LogP contribution >= 0.6 is 11.8 Å². The van der Waals surface area contributed by atoms with Crippen LogP contribution in [0.1, 0.15) is 11.3 Å². The second kappa shape index (κ2) is 5.88. The number of fused-ring (bicyclic) bond motifs is 1. The zero-order valence-electron chi connectivity index (χ0n) is 11.0. The number of benzene rings is 1. The third-order valence-corrected chi connectivity index (χ3v) is 3.48. The molecule has 1 aromatic heterocycles. The monoisotopic (exact) mass is 286 g/mol. The van der Waals surface area contributed by atoms with Crippen molar-refractivity contribution in [3.8, 4) is 11.5 Å². The van der Waals surface area contributed by atoms with Crippen LogP contribution in [-0.4, -0.2) is 23.2 Å². The standard InChI is InChI=1S/C15H14N2O2S/c1-20-15-9-12(16-17-15)5-3-2-4-11-6-7-13-14(8-11)19-10-18-13/h2-9H,10H2,1H3,(H,16,17)/b4-2+,5-3+. The zero-order valence-corrected chi connectivity index (χ0v) is 11.8. The molecule has 2 aromatic rings. The molecule has 0 amide bonds. The van der Waals surface area contributed by atoms with E-state index in [0.29, 0.717) is 6.79 Å². The van der Waals surface area contributed by atoms with Crippen molar-refractivity contribution >= 4 is 23.9 Å². The van der Waals surface area contributed by atoms with Crippen molar-refractivity contribution in [1.29, 1.82) is 0 Å². The van der Waals surface area contributed by atoms with Gasteiger partial charge in [-0.05, 0) is 36.1 Å². The first kappa shape index (κ1) is 12.9. The minimum atomic E-state index is 0.306. The fourth-order valence-corrected chi connectivity index (χ4v) is 2.23. The summed E-state index contributed by atoms with van der Waals surface area (Å²) in [5.74, 6) is 1.61. The minimum Gasteiger partial charge on any atom is -0.454 e. The van der Waals surface area contributed by atoms with Gasteiger partial charge in [-0.25, -0.2) is 0 Å². The number of ether oxygens (including phenoxy) is 2. The molecule has 0 unspecified atom stereocenters. The van der Waals surface area contributed by atoms with E-state index in [1.54, 1.807) is 11.8 Å². The normalized spacial score (nSPS) is 13.7. The van der Waals surface area contributed by atoms with Crippen LogP contribution in [0.3, 0.4) is 0 Å². The predicted octanol–water partition coefficient (Wildman–Crippen LogP) is 3.59. The Morgan fingerprint density at radius 2 is 2.00 bits per heavy atom. The summed E-state index contributed by atoms with van der Waals surface area (Å²) in [7, 11) is 0. The van der Waals surface area contributed by atoms with E-state index in [0.717, 1.165) is 27.8 Å². The van der Waals surface area contributed by atoms with Crippen LogP contribution in [-0.2, 0) is 0 Å². The van der Waals surface area contributed by atoms with Crippen molar-refractivity contribution in [2.45, 2.75) is 5.03 Å². The lowest BCUT2D eigenvalue weighted by molar-refractivity contribution is 0.174. The molecule has 1 aromatic carbocycles. The van der Waals surface area contributed by atoms with Gasteiger partial charge in [0.25, 0.3) is 0 Å². The van der Waals surface area contributed by atoms with E-state index in [1.165, 1.54) is 0 Å². The van der Waals surface area contributed by atoms with Gasteiger partial charge in [0.15, 0.2) is 11.5 Å². The first-order valence-electron chi connectivity index (χ1n) is 6.19. The number of rotatable bonds is 4. The Hall–Kier alpha value is -2.14. The number of hydrogen-bond donors (Lipinski definition) is 1. The maximum atomic E-state index is 5.34. The number of allylic oxidation sites excluding steroid dienone is 2. The number of nitrogens with zero attached hydrogens (tertiary/aromatic N) is 1. The molecular weight excluding hydrogens is 272 g/mol. The summed E-state index contributed by atoms with van der Waals surface area (Å²) in [5, 5.41) is 8.09. The fourth-order valence-electron chi connectivity index (χ4n) is 1.85. The van der Waals surface area contributed by atoms with E-state index in [2.05, 4.69) is 10.2 Å². The van der Waals surface area contributed by atoms with Crippen molar-refractivity contribution in [2.24, 2.45) is 0 Å². The molecule has 0 aliphatic carbocycles. The average Bonchev–Trinajstić information content (AvgIpc) is 3.11. The first-order chi connectivity index (χ1) is 9.85. The zero-order chi connectivity index (χ0) is 13.8. The van der Waals surface area contributed by atoms with E-state index < -0.39 is 0 Å². The van der Waals surface area contributed by atoms with Gasteiger partial charge in [-0.15, -0.1) is 11.8 Å². The minimum absolute atomic E-state index is 0.306. The van der Waals surface area contributed by atoms with Crippen LogP contribution < -0.4 is 9.47 Å². The Bertz CT molecular complexity index is 662. The van der Waals surface area contributed by atoms with Crippen LogP contribution in [0.4, 0.5) is 0 Å². The van der Waals surface area contributed by atoms with Gasteiger partial charge in [-0.2, -0.15) is 5.10 Å². The average molecular weight is 286 g/mol. The summed E-state index contributed by atoms with van der Waals surface area (Å²) in [5.41, 5.74) is 2.07. The number of aromatic nitrogens is 2. The van der Waals surface area contributed by atoms with Gasteiger partial charge in [0.1, 0.15) is 5.03 Å². The van der Waals surface area contributed by atoms with Crippen LogP contribution in [0, 0.1) is 0 Å². The van der Waals surface area contributed by atoms with Gasteiger partial charge < -0.3 is 9.47 Å². The van der Waals surface area contributed by atoms with Gasteiger partial charge in [-0.3, -0.25) is 5.10 Å². The lowest BCUT2D eigenvalue weighted by atomic mass is 10.2. The van der Waals surface area contributed by atoms with E-state index in [9.17, 15) is 0 Å². The number of thioether (sulfide) groups is 1. The lowest BCUT2D eigenvalue weighted by Gasteiger charge is -1.96. The van der Waals surface area contributed by atoms with E-state index in [1.807, 2.05) is 54.8 Å². The Morgan fingerprint density at radius 3 is 2.85 bits per heavy atom. The van der Waals surface area contributed by atoms with Crippen molar-refractivity contribution in [3.05, 3.63) is 47.7 Å². The highest BCUT2D eigenvalue weighted by Crippen LogP contribution is 2.32.